The maximum absolute atomic E-state index is 11.3. The molecule has 2 aromatic rings. The highest BCUT2D eigenvalue weighted by Gasteiger charge is 2.14. The maximum Gasteiger partial charge on any atom is 0.346 e. The van der Waals surface area contributed by atoms with Crippen molar-refractivity contribution in [1.29, 1.82) is 0 Å². The zero-order valence-electron chi connectivity index (χ0n) is 12.8. The Bertz CT molecular complexity index is 651. The van der Waals surface area contributed by atoms with Crippen LogP contribution in [0.3, 0.4) is 0 Å². The lowest BCUT2D eigenvalue weighted by atomic mass is 10.1. The van der Waals surface area contributed by atoms with Crippen LogP contribution < -0.4 is 4.74 Å². The van der Waals surface area contributed by atoms with E-state index >= 15 is 0 Å². The number of benzene rings is 1. The molecular weight excluding hydrogens is 280 g/mol. The minimum absolute atomic E-state index is 0.400. The molecule has 0 aliphatic heterocycles. The van der Waals surface area contributed by atoms with Crippen molar-refractivity contribution in [2.24, 2.45) is 0 Å². The van der Waals surface area contributed by atoms with Gasteiger partial charge in [0.05, 0.1) is 19.0 Å². The van der Waals surface area contributed by atoms with Gasteiger partial charge in [-0.05, 0) is 43.2 Å². The quantitative estimate of drug-likeness (QED) is 0.794. The second-order valence-corrected chi connectivity index (χ2v) is 4.77. The normalized spacial score (nSPS) is 12.6. The largest absolute Gasteiger partial charge is 0.479 e. The highest BCUT2D eigenvalue weighted by atomic mass is 16.6. The topological polar surface area (TPSA) is 61.3 Å². The van der Waals surface area contributed by atoms with Crippen molar-refractivity contribution in [2.75, 3.05) is 7.11 Å². The molecule has 0 N–H and O–H groups in total. The van der Waals surface area contributed by atoms with Crippen LogP contribution in [-0.4, -0.2) is 29.2 Å². The first-order valence-corrected chi connectivity index (χ1v) is 6.89. The number of carbonyl (C=O) groups excluding carboxylic acids is 1. The van der Waals surface area contributed by atoms with Crippen molar-refractivity contribution < 1.29 is 14.3 Å². The van der Waals surface area contributed by atoms with Gasteiger partial charge >= 0.3 is 5.97 Å². The zero-order chi connectivity index (χ0) is 15.9. The molecule has 0 amide bonds. The van der Waals surface area contributed by atoms with Crippen molar-refractivity contribution in [1.82, 2.24) is 9.97 Å². The first kappa shape index (κ1) is 15.7. The summed E-state index contributed by atoms with van der Waals surface area (Å²) in [6.07, 6.45) is 6.41. The molecule has 2 rings (SSSR count). The van der Waals surface area contributed by atoms with Crippen LogP contribution in [0, 0.1) is 0 Å². The number of ether oxygens (including phenoxy) is 2. The zero-order valence-corrected chi connectivity index (χ0v) is 12.8. The lowest BCUT2D eigenvalue weighted by Crippen LogP contribution is -2.24. The molecule has 0 fully saturated rings. The van der Waals surface area contributed by atoms with Crippen LogP contribution in [0.5, 0.6) is 5.75 Å². The molecule has 1 aromatic carbocycles. The van der Waals surface area contributed by atoms with Crippen LogP contribution >= 0.6 is 0 Å². The molecule has 1 heterocycles. The Balaban J connectivity index is 2.07. The summed E-state index contributed by atoms with van der Waals surface area (Å²) in [5, 5.41) is 0. The van der Waals surface area contributed by atoms with Gasteiger partial charge in [0.2, 0.25) is 0 Å². The van der Waals surface area contributed by atoms with E-state index in [1.807, 2.05) is 37.3 Å². The molecular formula is C17H18N2O3. The average molecular weight is 298 g/mol. The summed E-state index contributed by atoms with van der Waals surface area (Å²) in [5.74, 6) is 0.217. The lowest BCUT2D eigenvalue weighted by Gasteiger charge is -2.12. The lowest BCUT2D eigenvalue weighted by molar-refractivity contribution is -0.147. The first-order valence-electron chi connectivity index (χ1n) is 6.89. The van der Waals surface area contributed by atoms with Crippen molar-refractivity contribution in [3.8, 4) is 5.75 Å². The number of aromatic nitrogens is 2. The average Bonchev–Trinajstić information content (AvgIpc) is 2.56. The Morgan fingerprint density at radius 2 is 1.95 bits per heavy atom. The first-order chi connectivity index (χ1) is 10.6. The van der Waals surface area contributed by atoms with E-state index in [9.17, 15) is 4.79 Å². The Morgan fingerprint density at radius 3 is 2.55 bits per heavy atom. The molecule has 0 radical (unpaired) electrons. The molecule has 5 heteroatoms. The minimum atomic E-state index is -0.632. The van der Waals surface area contributed by atoms with Gasteiger partial charge in [-0.2, -0.15) is 0 Å². The molecule has 0 unspecified atom stereocenters. The Labute approximate surface area is 129 Å². The van der Waals surface area contributed by atoms with Gasteiger partial charge < -0.3 is 9.47 Å². The second-order valence-electron chi connectivity index (χ2n) is 4.77. The molecule has 1 atom stereocenters. The van der Waals surface area contributed by atoms with Gasteiger partial charge in [-0.25, -0.2) is 4.79 Å². The van der Waals surface area contributed by atoms with Gasteiger partial charge in [0, 0.05) is 12.4 Å². The van der Waals surface area contributed by atoms with Gasteiger partial charge in [-0.15, -0.1) is 0 Å². The van der Waals surface area contributed by atoms with Gasteiger partial charge in [0.15, 0.2) is 6.10 Å². The molecule has 0 saturated heterocycles. The van der Waals surface area contributed by atoms with E-state index in [2.05, 4.69) is 14.7 Å². The van der Waals surface area contributed by atoms with Crippen LogP contribution in [0.4, 0.5) is 0 Å². The van der Waals surface area contributed by atoms with E-state index < -0.39 is 12.1 Å². The number of rotatable bonds is 5. The second kappa shape index (κ2) is 7.36. The maximum atomic E-state index is 11.3. The van der Waals surface area contributed by atoms with Crippen molar-refractivity contribution >= 4 is 17.6 Å². The molecule has 0 bridgehead atoms. The fourth-order valence-electron chi connectivity index (χ4n) is 1.89. The summed E-state index contributed by atoms with van der Waals surface area (Å²) in [5.41, 5.74) is 2.87. The van der Waals surface area contributed by atoms with Crippen LogP contribution in [-0.2, 0) is 9.53 Å². The van der Waals surface area contributed by atoms with Crippen LogP contribution in [0.2, 0.25) is 0 Å². The smallest absolute Gasteiger partial charge is 0.346 e. The van der Waals surface area contributed by atoms with E-state index in [-0.39, 0.29) is 0 Å². The summed E-state index contributed by atoms with van der Waals surface area (Å²) in [6.45, 7) is 3.63. The predicted octanol–water partition coefficient (Wildman–Crippen LogP) is 2.98. The third kappa shape index (κ3) is 4.15. The van der Waals surface area contributed by atoms with E-state index in [0.29, 0.717) is 5.75 Å². The summed E-state index contributed by atoms with van der Waals surface area (Å²) >= 11 is 0. The monoisotopic (exact) mass is 298 g/mol. The van der Waals surface area contributed by atoms with E-state index in [4.69, 9.17) is 4.74 Å². The van der Waals surface area contributed by atoms with E-state index in [1.165, 1.54) is 7.11 Å². The van der Waals surface area contributed by atoms with Crippen LogP contribution in [0.25, 0.3) is 11.6 Å². The van der Waals surface area contributed by atoms with Crippen LogP contribution in [0.15, 0.2) is 42.9 Å². The fourth-order valence-corrected chi connectivity index (χ4v) is 1.89. The highest BCUT2D eigenvalue weighted by molar-refractivity contribution is 5.78. The summed E-state index contributed by atoms with van der Waals surface area (Å²) in [6, 6.07) is 7.46. The van der Waals surface area contributed by atoms with Crippen molar-refractivity contribution in [3.05, 3.63) is 54.1 Å². The Morgan fingerprint density at radius 1 is 1.23 bits per heavy atom. The van der Waals surface area contributed by atoms with Gasteiger partial charge in [0.25, 0.3) is 0 Å². The Hall–Kier alpha value is -2.69. The van der Waals surface area contributed by atoms with Crippen molar-refractivity contribution in [2.45, 2.75) is 20.0 Å². The molecule has 22 heavy (non-hydrogen) atoms. The number of carbonyl (C=O) groups is 1. The number of hydrogen-bond donors (Lipinski definition) is 0. The molecule has 1 aromatic heterocycles. The SMILES string of the molecule is COC(=O)[C@H](C)Oc1ccc(/C=C(\C)c2cnccn2)cc1. The summed E-state index contributed by atoms with van der Waals surface area (Å²) < 4.78 is 10.1. The summed E-state index contributed by atoms with van der Waals surface area (Å²) in [7, 11) is 1.34. The fraction of sp³-hybridized carbons (Fsp3) is 0.235. The minimum Gasteiger partial charge on any atom is -0.479 e. The standard InChI is InChI=1S/C17H18N2O3/c1-12(16-11-18-8-9-19-16)10-14-4-6-15(7-5-14)22-13(2)17(20)21-3/h4-11,13H,1-3H3/b12-10+/t13-/m0/s1. The molecule has 0 saturated carbocycles. The van der Waals surface area contributed by atoms with Crippen LogP contribution in [0.1, 0.15) is 25.1 Å². The molecule has 0 aliphatic rings. The molecule has 5 nitrogen and oxygen atoms in total. The predicted molar refractivity (Wildman–Crippen MR) is 84.1 cm³/mol. The Kier molecular flexibility index (Phi) is 5.25. The van der Waals surface area contributed by atoms with E-state index in [1.54, 1.807) is 25.5 Å². The molecule has 114 valence electrons. The third-order valence-electron chi connectivity index (χ3n) is 3.08. The third-order valence-corrected chi connectivity index (χ3v) is 3.08. The highest BCUT2D eigenvalue weighted by Crippen LogP contribution is 2.18. The number of allylic oxidation sites excluding steroid dienone is 1. The molecule has 0 aliphatic carbocycles. The van der Waals surface area contributed by atoms with Gasteiger partial charge in [-0.3, -0.25) is 9.97 Å². The van der Waals surface area contributed by atoms with Gasteiger partial charge in [-0.1, -0.05) is 12.1 Å². The summed E-state index contributed by atoms with van der Waals surface area (Å²) in [4.78, 5) is 19.6. The number of esters is 1. The number of hydrogen-bond acceptors (Lipinski definition) is 5. The van der Waals surface area contributed by atoms with Gasteiger partial charge in [0.1, 0.15) is 5.75 Å². The van der Waals surface area contributed by atoms with E-state index in [0.717, 1.165) is 16.8 Å². The number of methoxy groups -OCH3 is 1. The molecule has 0 spiro atoms. The number of nitrogens with zero attached hydrogens (tertiary/aromatic N) is 2. The van der Waals surface area contributed by atoms with Crippen molar-refractivity contribution in [3.63, 3.8) is 0 Å².